The highest BCUT2D eigenvalue weighted by Crippen LogP contribution is 2.16. The smallest absolute Gasteiger partial charge is 0.0891 e. The molecule has 0 aliphatic carbocycles. The summed E-state index contributed by atoms with van der Waals surface area (Å²) in [4.78, 5) is 4.02. The number of anilines is 1. The second-order valence-corrected chi connectivity index (χ2v) is 2.36. The number of rotatable bonds is 2. The van der Waals surface area contributed by atoms with Gasteiger partial charge in [-0.3, -0.25) is 4.98 Å². The Kier molecular flexibility index (Phi) is 2.44. The van der Waals surface area contributed by atoms with Gasteiger partial charge in [0.05, 0.1) is 18.0 Å². The Hall–Kier alpha value is -1.09. The summed E-state index contributed by atoms with van der Waals surface area (Å²) in [6.07, 6.45) is 1.70. The Balaban J connectivity index is 3.13. The molecule has 1 rings (SSSR count). The molecular formula is C8H12N2O. The van der Waals surface area contributed by atoms with E-state index in [2.05, 4.69) is 10.3 Å². The third kappa shape index (κ3) is 1.49. The predicted octanol–water partition coefficient (Wildman–Crippen LogP) is 0.924. The van der Waals surface area contributed by atoms with Gasteiger partial charge >= 0.3 is 0 Å². The molecular weight excluding hydrogens is 140 g/mol. The number of aliphatic hydroxyl groups excluding tert-OH is 1. The molecule has 2 N–H and O–H groups in total. The Bertz CT molecular complexity index is 248. The van der Waals surface area contributed by atoms with Gasteiger partial charge in [-0.05, 0) is 18.6 Å². The minimum atomic E-state index is -0.0160. The third-order valence-electron chi connectivity index (χ3n) is 1.64. The Morgan fingerprint density at radius 3 is 2.82 bits per heavy atom. The SMILES string of the molecule is CNc1c(C)ccnc1CO. The molecule has 0 fully saturated rings. The van der Waals surface area contributed by atoms with Crippen molar-refractivity contribution >= 4 is 5.69 Å². The van der Waals surface area contributed by atoms with Crippen LogP contribution in [0.4, 0.5) is 5.69 Å². The van der Waals surface area contributed by atoms with Crippen molar-refractivity contribution in [2.24, 2.45) is 0 Å². The Morgan fingerprint density at radius 1 is 1.64 bits per heavy atom. The van der Waals surface area contributed by atoms with E-state index in [1.54, 1.807) is 6.20 Å². The van der Waals surface area contributed by atoms with Crippen molar-refractivity contribution in [3.63, 3.8) is 0 Å². The molecule has 11 heavy (non-hydrogen) atoms. The summed E-state index contributed by atoms with van der Waals surface area (Å²) in [5, 5.41) is 11.9. The maximum absolute atomic E-state index is 8.87. The van der Waals surface area contributed by atoms with Crippen molar-refractivity contribution in [1.29, 1.82) is 0 Å². The van der Waals surface area contributed by atoms with Crippen molar-refractivity contribution in [3.05, 3.63) is 23.5 Å². The van der Waals surface area contributed by atoms with Gasteiger partial charge in [0, 0.05) is 13.2 Å². The molecule has 0 spiro atoms. The van der Waals surface area contributed by atoms with Crippen molar-refractivity contribution in [2.75, 3.05) is 12.4 Å². The van der Waals surface area contributed by atoms with Crippen LogP contribution in [0.1, 0.15) is 11.3 Å². The number of aromatic nitrogens is 1. The predicted molar refractivity (Wildman–Crippen MR) is 44.4 cm³/mol. The number of aliphatic hydroxyl groups is 1. The van der Waals surface area contributed by atoms with Crippen molar-refractivity contribution in [1.82, 2.24) is 4.98 Å². The Morgan fingerprint density at radius 2 is 2.36 bits per heavy atom. The second kappa shape index (κ2) is 3.34. The summed E-state index contributed by atoms with van der Waals surface area (Å²) in [5.41, 5.74) is 2.73. The van der Waals surface area contributed by atoms with E-state index in [1.807, 2.05) is 20.0 Å². The van der Waals surface area contributed by atoms with Crippen LogP contribution < -0.4 is 5.32 Å². The van der Waals surface area contributed by atoms with Crippen LogP contribution in [0.3, 0.4) is 0 Å². The first kappa shape index (κ1) is 8.01. The molecule has 0 bridgehead atoms. The lowest BCUT2D eigenvalue weighted by Crippen LogP contribution is -2.00. The van der Waals surface area contributed by atoms with E-state index in [9.17, 15) is 0 Å². The largest absolute Gasteiger partial charge is 0.390 e. The van der Waals surface area contributed by atoms with Crippen LogP contribution >= 0.6 is 0 Å². The van der Waals surface area contributed by atoms with Crippen LogP contribution in [0.15, 0.2) is 12.3 Å². The maximum atomic E-state index is 8.87. The zero-order chi connectivity index (χ0) is 8.27. The number of nitrogens with zero attached hydrogens (tertiary/aromatic N) is 1. The fraction of sp³-hybridized carbons (Fsp3) is 0.375. The molecule has 0 aromatic carbocycles. The summed E-state index contributed by atoms with van der Waals surface area (Å²) in [6.45, 7) is 1.96. The second-order valence-electron chi connectivity index (χ2n) is 2.36. The number of hydrogen-bond donors (Lipinski definition) is 2. The quantitative estimate of drug-likeness (QED) is 0.662. The number of nitrogens with one attached hydrogen (secondary N) is 1. The molecule has 0 amide bonds. The van der Waals surface area contributed by atoms with E-state index in [-0.39, 0.29) is 6.61 Å². The number of pyridine rings is 1. The summed E-state index contributed by atoms with van der Waals surface area (Å²) in [5.74, 6) is 0. The maximum Gasteiger partial charge on any atom is 0.0891 e. The van der Waals surface area contributed by atoms with Gasteiger partial charge in [-0.1, -0.05) is 0 Å². The lowest BCUT2D eigenvalue weighted by atomic mass is 10.2. The average molecular weight is 152 g/mol. The van der Waals surface area contributed by atoms with Crippen LogP contribution in [-0.2, 0) is 6.61 Å². The first-order valence-corrected chi connectivity index (χ1v) is 3.52. The molecule has 0 aliphatic heterocycles. The topological polar surface area (TPSA) is 45.2 Å². The van der Waals surface area contributed by atoms with Gasteiger partial charge < -0.3 is 10.4 Å². The normalized spacial score (nSPS) is 9.73. The van der Waals surface area contributed by atoms with E-state index >= 15 is 0 Å². The van der Waals surface area contributed by atoms with Gasteiger partial charge in [-0.15, -0.1) is 0 Å². The lowest BCUT2D eigenvalue weighted by Gasteiger charge is -2.07. The molecule has 0 aliphatic rings. The molecule has 0 unspecified atom stereocenters. The van der Waals surface area contributed by atoms with Crippen LogP contribution in [0.25, 0.3) is 0 Å². The molecule has 0 radical (unpaired) electrons. The molecule has 1 aromatic heterocycles. The van der Waals surface area contributed by atoms with Gasteiger partial charge in [0.2, 0.25) is 0 Å². The Labute approximate surface area is 66.1 Å². The van der Waals surface area contributed by atoms with Gasteiger partial charge in [-0.25, -0.2) is 0 Å². The van der Waals surface area contributed by atoms with Crippen LogP contribution in [-0.4, -0.2) is 17.1 Å². The van der Waals surface area contributed by atoms with Gasteiger partial charge in [0.25, 0.3) is 0 Å². The number of hydrogen-bond acceptors (Lipinski definition) is 3. The first-order valence-electron chi connectivity index (χ1n) is 3.52. The van der Waals surface area contributed by atoms with E-state index in [0.29, 0.717) is 5.69 Å². The fourth-order valence-corrected chi connectivity index (χ4v) is 1.08. The highest BCUT2D eigenvalue weighted by atomic mass is 16.3. The minimum absolute atomic E-state index is 0.0160. The van der Waals surface area contributed by atoms with Gasteiger partial charge in [0.15, 0.2) is 0 Å². The minimum Gasteiger partial charge on any atom is -0.390 e. The molecule has 60 valence electrons. The van der Waals surface area contributed by atoms with Crippen LogP contribution in [0.5, 0.6) is 0 Å². The standard InChI is InChI=1S/C8H12N2O/c1-6-3-4-10-7(5-11)8(6)9-2/h3-4,9,11H,5H2,1-2H3. The van der Waals surface area contributed by atoms with Crippen LogP contribution in [0.2, 0.25) is 0 Å². The van der Waals surface area contributed by atoms with Gasteiger partial charge in [0.1, 0.15) is 0 Å². The first-order chi connectivity index (χ1) is 5.29. The van der Waals surface area contributed by atoms with Crippen LogP contribution in [0, 0.1) is 6.92 Å². The van der Waals surface area contributed by atoms with Gasteiger partial charge in [-0.2, -0.15) is 0 Å². The van der Waals surface area contributed by atoms with E-state index in [4.69, 9.17) is 5.11 Å². The molecule has 0 saturated heterocycles. The van der Waals surface area contributed by atoms with E-state index < -0.39 is 0 Å². The zero-order valence-corrected chi connectivity index (χ0v) is 6.76. The molecule has 0 saturated carbocycles. The molecule has 1 aromatic rings. The van der Waals surface area contributed by atoms with Crippen molar-refractivity contribution in [2.45, 2.75) is 13.5 Å². The lowest BCUT2D eigenvalue weighted by molar-refractivity contribution is 0.277. The molecule has 0 atom stereocenters. The molecule has 1 heterocycles. The highest BCUT2D eigenvalue weighted by molar-refractivity contribution is 5.53. The summed E-state index contributed by atoms with van der Waals surface area (Å²) >= 11 is 0. The number of aryl methyl sites for hydroxylation is 1. The third-order valence-corrected chi connectivity index (χ3v) is 1.64. The summed E-state index contributed by atoms with van der Waals surface area (Å²) < 4.78 is 0. The fourth-order valence-electron chi connectivity index (χ4n) is 1.08. The summed E-state index contributed by atoms with van der Waals surface area (Å²) in [7, 11) is 1.82. The van der Waals surface area contributed by atoms with E-state index in [1.165, 1.54) is 0 Å². The zero-order valence-electron chi connectivity index (χ0n) is 6.76. The molecule has 3 heteroatoms. The average Bonchev–Trinajstić information content (AvgIpc) is 2.04. The monoisotopic (exact) mass is 152 g/mol. The molecule has 3 nitrogen and oxygen atoms in total. The summed E-state index contributed by atoms with van der Waals surface area (Å²) in [6, 6.07) is 1.91. The van der Waals surface area contributed by atoms with E-state index in [0.717, 1.165) is 11.3 Å². The van der Waals surface area contributed by atoms with Crippen molar-refractivity contribution in [3.8, 4) is 0 Å². The highest BCUT2D eigenvalue weighted by Gasteiger charge is 2.02. The van der Waals surface area contributed by atoms with Crippen molar-refractivity contribution < 1.29 is 5.11 Å².